The van der Waals surface area contributed by atoms with E-state index in [2.05, 4.69) is 26.6 Å². The van der Waals surface area contributed by atoms with Crippen molar-refractivity contribution in [3.05, 3.63) is 53.0 Å². The third-order valence-corrected chi connectivity index (χ3v) is 4.39. The molecule has 5 nitrogen and oxygen atoms in total. The summed E-state index contributed by atoms with van der Waals surface area (Å²) in [5, 5.41) is 6.00. The van der Waals surface area contributed by atoms with Crippen LogP contribution < -0.4 is 15.5 Å². The highest BCUT2D eigenvalue weighted by Gasteiger charge is 2.29. The molecule has 0 fully saturated rings. The summed E-state index contributed by atoms with van der Waals surface area (Å²) in [6.07, 6.45) is 0.275. The second-order valence-corrected chi connectivity index (χ2v) is 6.66. The Labute approximate surface area is 149 Å². The molecule has 6 heteroatoms. The third kappa shape index (κ3) is 3.59. The molecule has 2 amide bonds. The van der Waals surface area contributed by atoms with Gasteiger partial charge < -0.3 is 15.5 Å². The van der Waals surface area contributed by atoms with Gasteiger partial charge >= 0.3 is 0 Å². The van der Waals surface area contributed by atoms with Crippen molar-refractivity contribution in [2.75, 3.05) is 22.1 Å². The van der Waals surface area contributed by atoms with E-state index in [9.17, 15) is 9.59 Å². The molecule has 2 aromatic carbocycles. The summed E-state index contributed by atoms with van der Waals surface area (Å²) >= 11 is 3.41. The highest BCUT2D eigenvalue weighted by molar-refractivity contribution is 9.10. The molecule has 2 N–H and O–H groups in total. The normalized spacial score (nSPS) is 16.8. The van der Waals surface area contributed by atoms with Crippen molar-refractivity contribution in [1.29, 1.82) is 0 Å². The van der Waals surface area contributed by atoms with Gasteiger partial charge in [0, 0.05) is 22.6 Å². The topological polar surface area (TPSA) is 61.4 Å². The smallest absolute Gasteiger partial charge is 0.246 e. The second-order valence-electron chi connectivity index (χ2n) is 5.75. The summed E-state index contributed by atoms with van der Waals surface area (Å²) in [7, 11) is 0. The van der Waals surface area contributed by atoms with Crippen molar-refractivity contribution in [1.82, 2.24) is 0 Å². The van der Waals surface area contributed by atoms with Crippen LogP contribution in [0.4, 0.5) is 17.1 Å². The number of nitrogens with one attached hydrogen (secondary N) is 2. The Balaban J connectivity index is 1.81. The molecule has 124 valence electrons. The Morgan fingerprint density at radius 1 is 1.29 bits per heavy atom. The van der Waals surface area contributed by atoms with Crippen LogP contribution >= 0.6 is 15.9 Å². The lowest BCUT2D eigenvalue weighted by Gasteiger charge is -2.28. The fourth-order valence-corrected chi connectivity index (χ4v) is 3.23. The number of rotatable bonds is 3. The predicted molar refractivity (Wildman–Crippen MR) is 99.3 cm³/mol. The number of para-hydroxylation sites is 2. The maximum Gasteiger partial charge on any atom is 0.246 e. The average Bonchev–Trinajstić information content (AvgIpc) is 2.67. The fraction of sp³-hybridized carbons (Fsp3) is 0.222. The molecule has 3 rings (SSSR count). The SMILES string of the molecule is C[C@H]1CC(=O)Nc2ccccc2N1C(=O)CNc1cccc(Br)c1. The van der Waals surface area contributed by atoms with Crippen LogP contribution in [-0.2, 0) is 9.59 Å². The van der Waals surface area contributed by atoms with Gasteiger partial charge in [0.05, 0.1) is 17.9 Å². The van der Waals surface area contributed by atoms with Crippen LogP contribution in [-0.4, -0.2) is 24.4 Å². The maximum absolute atomic E-state index is 12.8. The monoisotopic (exact) mass is 387 g/mol. The van der Waals surface area contributed by atoms with Crippen LogP contribution in [0.25, 0.3) is 0 Å². The van der Waals surface area contributed by atoms with Crippen LogP contribution in [0.3, 0.4) is 0 Å². The summed E-state index contributed by atoms with van der Waals surface area (Å²) in [4.78, 5) is 26.5. The number of anilines is 3. The molecule has 24 heavy (non-hydrogen) atoms. The van der Waals surface area contributed by atoms with Crippen LogP contribution in [0.5, 0.6) is 0 Å². The molecule has 2 aromatic rings. The van der Waals surface area contributed by atoms with Crippen molar-refractivity contribution in [3.63, 3.8) is 0 Å². The minimum absolute atomic E-state index is 0.0774. The standard InChI is InChI=1S/C18H18BrN3O2/c1-12-9-17(23)21-15-7-2-3-8-16(15)22(12)18(24)11-20-14-6-4-5-13(19)10-14/h2-8,10,12,20H,9,11H2,1H3,(H,21,23)/t12-/m0/s1. The van der Waals surface area contributed by atoms with Crippen molar-refractivity contribution in [2.45, 2.75) is 19.4 Å². The van der Waals surface area contributed by atoms with Gasteiger partial charge in [-0.05, 0) is 37.3 Å². The Bertz CT molecular complexity index is 778. The van der Waals surface area contributed by atoms with Crippen molar-refractivity contribution in [2.24, 2.45) is 0 Å². The van der Waals surface area contributed by atoms with Gasteiger partial charge in [-0.15, -0.1) is 0 Å². The molecular weight excluding hydrogens is 370 g/mol. The first-order valence-corrected chi connectivity index (χ1v) is 8.54. The lowest BCUT2D eigenvalue weighted by atomic mass is 10.1. The molecule has 0 radical (unpaired) electrons. The summed E-state index contributed by atoms with van der Waals surface area (Å²) in [6.45, 7) is 2.04. The van der Waals surface area contributed by atoms with E-state index in [1.54, 1.807) is 4.90 Å². The van der Waals surface area contributed by atoms with E-state index in [4.69, 9.17) is 0 Å². The lowest BCUT2D eigenvalue weighted by molar-refractivity contribution is -0.118. The van der Waals surface area contributed by atoms with Gasteiger partial charge in [0.2, 0.25) is 11.8 Å². The number of amides is 2. The van der Waals surface area contributed by atoms with E-state index in [-0.39, 0.29) is 30.8 Å². The van der Waals surface area contributed by atoms with Gasteiger partial charge in [-0.3, -0.25) is 9.59 Å². The number of carbonyl (C=O) groups is 2. The maximum atomic E-state index is 12.8. The van der Waals surface area contributed by atoms with E-state index >= 15 is 0 Å². The first-order chi connectivity index (χ1) is 11.5. The zero-order chi connectivity index (χ0) is 17.1. The van der Waals surface area contributed by atoms with Crippen molar-refractivity contribution >= 4 is 44.8 Å². The number of hydrogen-bond acceptors (Lipinski definition) is 3. The number of carbonyl (C=O) groups excluding carboxylic acids is 2. The Kier molecular flexibility index (Phi) is 4.85. The van der Waals surface area contributed by atoms with E-state index in [1.165, 1.54) is 0 Å². The second kappa shape index (κ2) is 7.05. The minimum atomic E-state index is -0.203. The van der Waals surface area contributed by atoms with Crippen molar-refractivity contribution < 1.29 is 9.59 Å². The summed E-state index contributed by atoms with van der Waals surface area (Å²) in [5.41, 5.74) is 2.27. The zero-order valence-corrected chi connectivity index (χ0v) is 14.8. The summed E-state index contributed by atoms with van der Waals surface area (Å²) in [6, 6.07) is 14.8. The largest absolute Gasteiger partial charge is 0.376 e. The van der Waals surface area contributed by atoms with Gasteiger partial charge in [0.15, 0.2) is 0 Å². The van der Waals surface area contributed by atoms with Gasteiger partial charge in [-0.1, -0.05) is 34.1 Å². The highest BCUT2D eigenvalue weighted by atomic mass is 79.9. The number of halogens is 1. The van der Waals surface area contributed by atoms with Crippen LogP contribution in [0.15, 0.2) is 53.0 Å². The minimum Gasteiger partial charge on any atom is -0.376 e. The first-order valence-electron chi connectivity index (χ1n) is 7.75. The van der Waals surface area contributed by atoms with Gasteiger partial charge in [0.1, 0.15) is 0 Å². The van der Waals surface area contributed by atoms with Crippen LogP contribution in [0.1, 0.15) is 13.3 Å². The molecule has 0 aliphatic carbocycles. The Morgan fingerprint density at radius 2 is 2.08 bits per heavy atom. The van der Waals surface area contributed by atoms with Crippen molar-refractivity contribution in [3.8, 4) is 0 Å². The van der Waals surface area contributed by atoms with Gasteiger partial charge in [-0.25, -0.2) is 0 Å². The molecular formula is C18H18BrN3O2. The first kappa shape index (κ1) is 16.5. The van der Waals surface area contributed by atoms with Gasteiger partial charge in [0.25, 0.3) is 0 Å². The molecule has 0 saturated carbocycles. The quantitative estimate of drug-likeness (QED) is 0.844. The van der Waals surface area contributed by atoms with E-state index in [1.807, 2.05) is 55.5 Å². The zero-order valence-electron chi connectivity index (χ0n) is 13.3. The molecule has 0 saturated heterocycles. The molecule has 1 aliphatic rings. The molecule has 0 spiro atoms. The number of nitrogens with zero attached hydrogens (tertiary/aromatic N) is 1. The van der Waals surface area contributed by atoms with E-state index < -0.39 is 0 Å². The number of hydrogen-bond donors (Lipinski definition) is 2. The predicted octanol–water partition coefficient (Wildman–Crippen LogP) is 3.62. The average molecular weight is 388 g/mol. The van der Waals surface area contributed by atoms with Crippen LogP contribution in [0.2, 0.25) is 0 Å². The summed E-state index contributed by atoms with van der Waals surface area (Å²) < 4.78 is 0.947. The molecule has 0 aromatic heterocycles. The number of benzene rings is 2. The van der Waals surface area contributed by atoms with Gasteiger partial charge in [-0.2, -0.15) is 0 Å². The molecule has 1 aliphatic heterocycles. The Hall–Kier alpha value is -2.34. The molecule has 0 unspecified atom stereocenters. The fourth-order valence-electron chi connectivity index (χ4n) is 2.83. The Morgan fingerprint density at radius 3 is 2.88 bits per heavy atom. The lowest BCUT2D eigenvalue weighted by Crippen LogP contribution is -2.42. The van der Waals surface area contributed by atoms with E-state index in [0.717, 1.165) is 15.8 Å². The van der Waals surface area contributed by atoms with E-state index in [0.29, 0.717) is 5.69 Å². The third-order valence-electron chi connectivity index (χ3n) is 3.90. The molecule has 1 atom stereocenters. The molecule has 1 heterocycles. The van der Waals surface area contributed by atoms with Crippen LogP contribution in [0, 0.1) is 0 Å². The summed E-state index contributed by atoms with van der Waals surface area (Å²) in [5.74, 6) is -0.156. The molecule has 0 bridgehead atoms. The number of fused-ring (bicyclic) bond motifs is 1. The highest BCUT2D eigenvalue weighted by Crippen LogP contribution is 2.31.